The van der Waals surface area contributed by atoms with Crippen molar-refractivity contribution in [2.24, 2.45) is 22.7 Å². The molecule has 0 saturated carbocycles. The van der Waals surface area contributed by atoms with E-state index in [0.717, 1.165) is 58.0 Å². The molecule has 0 N–H and O–H groups in total. The number of aromatic nitrogens is 2. The summed E-state index contributed by atoms with van der Waals surface area (Å²) in [5.41, 5.74) is 13.3. The van der Waals surface area contributed by atoms with Gasteiger partial charge in [-0.1, -0.05) is 145 Å². The number of ether oxygens (including phenoxy) is 1. The summed E-state index contributed by atoms with van der Waals surface area (Å²) in [6.07, 6.45) is 4.05. The summed E-state index contributed by atoms with van der Waals surface area (Å²) in [6, 6.07) is 44.3. The molecule has 0 saturated heterocycles. The zero-order valence-corrected chi connectivity index (χ0v) is 40.1. The number of benzene rings is 5. The lowest BCUT2D eigenvalue weighted by Gasteiger charge is -2.34. The van der Waals surface area contributed by atoms with Crippen molar-refractivity contribution in [3.8, 4) is 28.4 Å². The average molecular weight is 837 g/mol. The molecule has 63 heavy (non-hydrogen) atoms. The molecule has 2 aromatic heterocycles. The van der Waals surface area contributed by atoms with E-state index in [0.29, 0.717) is 18.5 Å². The monoisotopic (exact) mass is 837 g/mol. The first-order valence-electron chi connectivity index (χ1n) is 23.1. The van der Waals surface area contributed by atoms with Gasteiger partial charge < -0.3 is 14.5 Å². The summed E-state index contributed by atoms with van der Waals surface area (Å²) in [5, 5.41) is 2.36. The van der Waals surface area contributed by atoms with Crippen LogP contribution in [0.15, 0.2) is 139 Å². The van der Waals surface area contributed by atoms with E-state index in [1.807, 2.05) is 6.20 Å². The Labute approximate surface area is 377 Å². The van der Waals surface area contributed by atoms with Crippen molar-refractivity contribution in [3.63, 3.8) is 0 Å². The molecule has 1 aliphatic rings. The second-order valence-electron chi connectivity index (χ2n) is 21.8. The van der Waals surface area contributed by atoms with Crippen LogP contribution in [0.1, 0.15) is 107 Å². The third-order valence-electron chi connectivity index (χ3n) is 12.1. The standard InChI is InChI=1S/C58H68N4O/c1-38(2)27-40-29-41(28-39(3)4)31-45(30-40)60-37-61(55(58(11,12)13)54(60)57(8,9)10)46-32-43(42-19-15-14-16-20-42)33-48(35-46)63-47-23-24-50-49-21-17-18-22-51(49)62(52(50)36-47)53-34-44(25-26-59-53)56(5,6)7/h14-26,29-36,38-39H,27-28,37H2,1-13H3. The van der Waals surface area contributed by atoms with Gasteiger partial charge in [-0.15, -0.1) is 0 Å². The molecule has 5 aromatic carbocycles. The fourth-order valence-electron chi connectivity index (χ4n) is 9.56. The number of hydrogen-bond acceptors (Lipinski definition) is 4. The Morgan fingerprint density at radius 2 is 1.11 bits per heavy atom. The highest BCUT2D eigenvalue weighted by Crippen LogP contribution is 2.49. The molecular formula is C58H68N4O. The van der Waals surface area contributed by atoms with E-state index in [1.54, 1.807) is 0 Å². The first kappa shape index (κ1) is 43.8. The van der Waals surface area contributed by atoms with E-state index in [1.165, 1.54) is 44.5 Å². The number of anilines is 2. The van der Waals surface area contributed by atoms with Crippen LogP contribution < -0.4 is 14.5 Å². The van der Waals surface area contributed by atoms with Crippen LogP contribution in [0.25, 0.3) is 38.8 Å². The molecule has 3 heterocycles. The highest BCUT2D eigenvalue weighted by Gasteiger charge is 2.42. The fraction of sp³-hybridized carbons (Fsp3) is 0.362. The first-order valence-corrected chi connectivity index (χ1v) is 23.1. The largest absolute Gasteiger partial charge is 0.457 e. The summed E-state index contributed by atoms with van der Waals surface area (Å²) < 4.78 is 9.34. The lowest BCUT2D eigenvalue weighted by Crippen LogP contribution is -2.31. The molecule has 0 spiro atoms. The van der Waals surface area contributed by atoms with Gasteiger partial charge in [0.05, 0.1) is 17.7 Å². The Kier molecular flexibility index (Phi) is 11.6. The molecule has 8 rings (SSSR count). The molecule has 7 aromatic rings. The molecular weight excluding hydrogens is 769 g/mol. The SMILES string of the molecule is CC(C)Cc1cc(CC(C)C)cc(N2CN(c3cc(Oc4ccc5c6ccccc6n(-c6cc(C(C)(C)C)ccn6)c5c4)cc(-c4ccccc4)c3)C(C(C)(C)C)=C2C(C)(C)C)c1. The van der Waals surface area contributed by atoms with Gasteiger partial charge in [0.15, 0.2) is 0 Å². The highest BCUT2D eigenvalue weighted by atomic mass is 16.5. The maximum atomic E-state index is 7.06. The molecule has 5 heteroatoms. The zero-order chi connectivity index (χ0) is 45.0. The fourth-order valence-corrected chi connectivity index (χ4v) is 9.56. The third kappa shape index (κ3) is 9.16. The lowest BCUT2D eigenvalue weighted by molar-refractivity contribution is 0.444. The normalized spacial score (nSPS) is 14.0. The van der Waals surface area contributed by atoms with Gasteiger partial charge in [0.1, 0.15) is 17.3 Å². The topological polar surface area (TPSA) is 33.5 Å². The summed E-state index contributed by atoms with van der Waals surface area (Å²) in [6.45, 7) is 31.0. The maximum absolute atomic E-state index is 7.06. The Bertz CT molecular complexity index is 2780. The molecule has 0 fully saturated rings. The van der Waals surface area contributed by atoms with Crippen LogP contribution in [0, 0.1) is 22.7 Å². The van der Waals surface area contributed by atoms with Crippen molar-refractivity contribution in [1.82, 2.24) is 9.55 Å². The van der Waals surface area contributed by atoms with Crippen molar-refractivity contribution in [2.75, 3.05) is 16.5 Å². The average Bonchev–Trinajstić information content (AvgIpc) is 3.78. The van der Waals surface area contributed by atoms with Gasteiger partial charge in [-0.2, -0.15) is 0 Å². The van der Waals surface area contributed by atoms with Gasteiger partial charge >= 0.3 is 0 Å². The van der Waals surface area contributed by atoms with E-state index < -0.39 is 0 Å². The Morgan fingerprint density at radius 3 is 1.71 bits per heavy atom. The van der Waals surface area contributed by atoms with E-state index in [9.17, 15) is 0 Å². The molecule has 0 atom stereocenters. The number of fused-ring (bicyclic) bond motifs is 3. The van der Waals surface area contributed by atoms with E-state index in [-0.39, 0.29) is 16.2 Å². The molecule has 326 valence electrons. The van der Waals surface area contributed by atoms with Gasteiger partial charge in [0.2, 0.25) is 0 Å². The van der Waals surface area contributed by atoms with Gasteiger partial charge in [-0.25, -0.2) is 4.98 Å². The molecule has 0 aliphatic carbocycles. The predicted octanol–water partition coefficient (Wildman–Crippen LogP) is 15.9. The number of para-hydroxylation sites is 1. The smallest absolute Gasteiger partial charge is 0.137 e. The number of rotatable bonds is 10. The molecule has 0 bridgehead atoms. The molecule has 0 radical (unpaired) electrons. The van der Waals surface area contributed by atoms with Crippen molar-refractivity contribution >= 4 is 33.2 Å². The summed E-state index contributed by atoms with van der Waals surface area (Å²) >= 11 is 0. The Morgan fingerprint density at radius 1 is 0.524 bits per heavy atom. The number of pyridine rings is 1. The van der Waals surface area contributed by atoms with Crippen molar-refractivity contribution < 1.29 is 4.74 Å². The summed E-state index contributed by atoms with van der Waals surface area (Å²) in [7, 11) is 0. The van der Waals surface area contributed by atoms with E-state index in [2.05, 4.69) is 226 Å². The van der Waals surface area contributed by atoms with Crippen LogP contribution in [0.4, 0.5) is 11.4 Å². The second kappa shape index (κ2) is 16.7. The van der Waals surface area contributed by atoms with Crippen LogP contribution in [-0.2, 0) is 18.3 Å². The Hall–Kier alpha value is -5.81. The number of nitrogens with zero attached hydrogens (tertiary/aromatic N) is 4. The van der Waals surface area contributed by atoms with Gasteiger partial charge in [-0.3, -0.25) is 4.57 Å². The van der Waals surface area contributed by atoms with Crippen LogP contribution in [0.5, 0.6) is 11.5 Å². The van der Waals surface area contributed by atoms with Crippen molar-refractivity contribution in [2.45, 2.75) is 108 Å². The maximum Gasteiger partial charge on any atom is 0.137 e. The summed E-state index contributed by atoms with van der Waals surface area (Å²) in [5.74, 6) is 3.62. The number of hydrogen-bond donors (Lipinski definition) is 0. The van der Waals surface area contributed by atoms with Crippen molar-refractivity contribution in [3.05, 3.63) is 156 Å². The van der Waals surface area contributed by atoms with Crippen LogP contribution >= 0.6 is 0 Å². The molecule has 0 amide bonds. The van der Waals surface area contributed by atoms with E-state index >= 15 is 0 Å². The molecule has 0 unspecified atom stereocenters. The second-order valence-corrected chi connectivity index (χ2v) is 21.8. The van der Waals surface area contributed by atoms with Gasteiger partial charge in [0, 0.05) is 62.7 Å². The number of allylic oxidation sites excluding steroid dienone is 2. The molecule has 1 aliphatic heterocycles. The quantitative estimate of drug-likeness (QED) is 0.137. The van der Waals surface area contributed by atoms with Gasteiger partial charge in [0.25, 0.3) is 0 Å². The van der Waals surface area contributed by atoms with Crippen molar-refractivity contribution in [1.29, 1.82) is 0 Å². The highest BCUT2D eigenvalue weighted by molar-refractivity contribution is 6.09. The van der Waals surface area contributed by atoms with Crippen LogP contribution in [0.2, 0.25) is 0 Å². The minimum atomic E-state index is -0.159. The predicted molar refractivity (Wildman–Crippen MR) is 269 cm³/mol. The minimum Gasteiger partial charge on any atom is -0.457 e. The first-order chi connectivity index (χ1) is 29.7. The van der Waals surface area contributed by atoms with Gasteiger partial charge in [-0.05, 0) is 113 Å². The Balaban J connectivity index is 1.28. The van der Waals surface area contributed by atoms with Crippen LogP contribution in [0.3, 0.4) is 0 Å². The van der Waals surface area contributed by atoms with E-state index in [4.69, 9.17) is 9.72 Å². The minimum absolute atomic E-state index is 0.0112. The summed E-state index contributed by atoms with van der Waals surface area (Å²) in [4.78, 5) is 10.1. The zero-order valence-electron chi connectivity index (χ0n) is 40.1. The molecule has 5 nitrogen and oxygen atoms in total. The third-order valence-corrected chi connectivity index (χ3v) is 12.1. The van der Waals surface area contributed by atoms with Crippen LogP contribution in [-0.4, -0.2) is 16.2 Å². The lowest BCUT2D eigenvalue weighted by atomic mass is 9.81.